The van der Waals surface area contributed by atoms with Gasteiger partial charge in [0.2, 0.25) is 0 Å². The summed E-state index contributed by atoms with van der Waals surface area (Å²) in [5.74, 6) is 0.870. The lowest BCUT2D eigenvalue weighted by molar-refractivity contribution is 0.113. The van der Waals surface area contributed by atoms with Crippen LogP contribution in [0.5, 0.6) is 0 Å². The number of unbranched alkanes of at least 4 members (excludes halogenated alkanes) is 5. The molecule has 0 aromatic carbocycles. The first-order valence-corrected chi connectivity index (χ1v) is 7.33. The van der Waals surface area contributed by atoms with Gasteiger partial charge in [0.1, 0.15) is 0 Å². The van der Waals surface area contributed by atoms with Crippen LogP contribution >= 0.6 is 0 Å². The Bertz CT molecular complexity index is 162. The highest BCUT2D eigenvalue weighted by molar-refractivity contribution is 7.85. The van der Waals surface area contributed by atoms with E-state index in [4.69, 9.17) is 10.2 Å². The molecule has 0 aromatic heterocycles. The Balaban J connectivity index is 3.24. The molecule has 0 aliphatic rings. The zero-order chi connectivity index (χ0) is 11.5. The van der Waals surface area contributed by atoms with Crippen molar-refractivity contribution in [3.63, 3.8) is 0 Å². The second kappa shape index (κ2) is 10.6. The number of rotatable bonds is 10. The summed E-state index contributed by atoms with van der Waals surface area (Å²) < 4.78 is 11.3. The molecule has 2 N–H and O–H groups in total. The highest BCUT2D eigenvalue weighted by Crippen LogP contribution is 2.05. The zero-order valence-corrected chi connectivity index (χ0v) is 10.5. The number of aliphatic hydroxyl groups excluding tert-OH is 2. The third-order valence-corrected chi connectivity index (χ3v) is 3.82. The van der Waals surface area contributed by atoms with Gasteiger partial charge in [-0.3, -0.25) is 4.21 Å². The molecular weight excluding hydrogens is 212 g/mol. The van der Waals surface area contributed by atoms with Gasteiger partial charge in [-0.05, 0) is 6.42 Å². The summed E-state index contributed by atoms with van der Waals surface area (Å²) >= 11 is 0. The van der Waals surface area contributed by atoms with E-state index in [1.54, 1.807) is 0 Å². The smallest absolute Gasteiger partial charge is 0.0885 e. The molecular formula is C11H24O3S. The summed E-state index contributed by atoms with van der Waals surface area (Å²) in [6.07, 6.45) is 6.29. The molecule has 0 bridgehead atoms. The monoisotopic (exact) mass is 236 g/mol. The predicted molar refractivity (Wildman–Crippen MR) is 64.3 cm³/mol. The average molecular weight is 236 g/mol. The Hall–Kier alpha value is 0.0700. The minimum absolute atomic E-state index is 0.214. The molecule has 0 fully saturated rings. The molecule has 0 rings (SSSR count). The van der Waals surface area contributed by atoms with Crippen LogP contribution < -0.4 is 0 Å². The van der Waals surface area contributed by atoms with Crippen LogP contribution in [0.1, 0.15) is 45.4 Å². The molecule has 2 atom stereocenters. The molecule has 0 aromatic rings. The van der Waals surface area contributed by atoms with Crippen LogP contribution in [0, 0.1) is 0 Å². The Morgan fingerprint density at radius 3 is 2.33 bits per heavy atom. The van der Waals surface area contributed by atoms with Crippen molar-refractivity contribution in [3.8, 4) is 0 Å². The lowest BCUT2D eigenvalue weighted by Gasteiger charge is -2.06. The number of aliphatic hydroxyl groups is 2. The normalized spacial score (nSPS) is 15.1. The predicted octanol–water partition coefficient (Wildman–Crippen LogP) is 1.45. The second-order valence-electron chi connectivity index (χ2n) is 3.91. The van der Waals surface area contributed by atoms with E-state index in [0.29, 0.717) is 5.75 Å². The topological polar surface area (TPSA) is 57.5 Å². The van der Waals surface area contributed by atoms with Crippen LogP contribution in [0.2, 0.25) is 0 Å². The van der Waals surface area contributed by atoms with Crippen molar-refractivity contribution in [2.75, 3.05) is 18.1 Å². The van der Waals surface area contributed by atoms with Crippen molar-refractivity contribution >= 4 is 10.8 Å². The van der Waals surface area contributed by atoms with Crippen molar-refractivity contribution in [1.29, 1.82) is 0 Å². The molecule has 0 aliphatic carbocycles. The van der Waals surface area contributed by atoms with Crippen molar-refractivity contribution < 1.29 is 14.4 Å². The Morgan fingerprint density at radius 1 is 1.13 bits per heavy atom. The first-order valence-electron chi connectivity index (χ1n) is 5.84. The van der Waals surface area contributed by atoms with E-state index < -0.39 is 16.9 Å². The SMILES string of the molecule is CCCCCCCC[S@](=O)C[C@H](O)CO. The van der Waals surface area contributed by atoms with E-state index in [0.717, 1.165) is 12.8 Å². The van der Waals surface area contributed by atoms with E-state index in [2.05, 4.69) is 6.92 Å². The van der Waals surface area contributed by atoms with Gasteiger partial charge in [0.05, 0.1) is 18.5 Å². The third kappa shape index (κ3) is 10.4. The van der Waals surface area contributed by atoms with E-state index in [1.165, 1.54) is 25.7 Å². The molecule has 0 saturated carbocycles. The highest BCUT2D eigenvalue weighted by atomic mass is 32.2. The fourth-order valence-electron chi connectivity index (χ4n) is 1.39. The summed E-state index contributed by atoms with van der Waals surface area (Å²) in [7, 11) is -0.967. The van der Waals surface area contributed by atoms with E-state index in [9.17, 15) is 4.21 Å². The van der Waals surface area contributed by atoms with Crippen LogP contribution in [0.3, 0.4) is 0 Å². The lowest BCUT2D eigenvalue weighted by atomic mass is 10.1. The first kappa shape index (κ1) is 15.1. The summed E-state index contributed by atoms with van der Waals surface area (Å²) in [5, 5.41) is 17.6. The van der Waals surface area contributed by atoms with Crippen LogP contribution in [0.15, 0.2) is 0 Å². The second-order valence-corrected chi connectivity index (χ2v) is 5.54. The quantitative estimate of drug-likeness (QED) is 0.564. The van der Waals surface area contributed by atoms with Crippen molar-refractivity contribution in [2.45, 2.75) is 51.6 Å². The zero-order valence-electron chi connectivity index (χ0n) is 9.65. The number of hydrogen-bond acceptors (Lipinski definition) is 3. The molecule has 0 spiro atoms. The van der Waals surface area contributed by atoms with Crippen LogP contribution in [0.4, 0.5) is 0 Å². The molecule has 0 heterocycles. The maximum absolute atomic E-state index is 11.3. The van der Waals surface area contributed by atoms with Gasteiger partial charge < -0.3 is 10.2 Å². The minimum atomic E-state index is -0.967. The van der Waals surface area contributed by atoms with E-state index >= 15 is 0 Å². The largest absolute Gasteiger partial charge is 0.394 e. The minimum Gasteiger partial charge on any atom is -0.394 e. The van der Waals surface area contributed by atoms with Gasteiger partial charge in [-0.15, -0.1) is 0 Å². The van der Waals surface area contributed by atoms with Gasteiger partial charge >= 0.3 is 0 Å². The van der Waals surface area contributed by atoms with Gasteiger partial charge in [-0.1, -0.05) is 39.0 Å². The maximum atomic E-state index is 11.3. The van der Waals surface area contributed by atoms with Gasteiger partial charge in [0, 0.05) is 16.6 Å². The molecule has 0 aliphatic heterocycles. The van der Waals surface area contributed by atoms with Crippen molar-refractivity contribution in [1.82, 2.24) is 0 Å². The fourth-order valence-corrected chi connectivity index (χ4v) is 2.62. The fraction of sp³-hybridized carbons (Fsp3) is 1.00. The Morgan fingerprint density at radius 2 is 1.73 bits per heavy atom. The standard InChI is InChI=1S/C11H24O3S/c1-2-3-4-5-6-7-8-15(14)10-11(13)9-12/h11-13H,2-10H2,1H3/t11-,15+/m1/s1. The highest BCUT2D eigenvalue weighted by Gasteiger charge is 2.07. The Labute approximate surface area is 95.4 Å². The van der Waals surface area contributed by atoms with Crippen LogP contribution in [0.25, 0.3) is 0 Å². The lowest BCUT2D eigenvalue weighted by Crippen LogP contribution is -2.21. The summed E-state index contributed by atoms with van der Waals surface area (Å²) in [6, 6.07) is 0. The van der Waals surface area contributed by atoms with Gasteiger partial charge in [0.15, 0.2) is 0 Å². The van der Waals surface area contributed by atoms with Gasteiger partial charge in [-0.25, -0.2) is 0 Å². The Kier molecular flexibility index (Phi) is 10.6. The third-order valence-electron chi connectivity index (χ3n) is 2.31. The molecule has 0 amide bonds. The van der Waals surface area contributed by atoms with E-state index in [1.807, 2.05) is 0 Å². The first-order chi connectivity index (χ1) is 7.20. The molecule has 4 heteroatoms. The van der Waals surface area contributed by atoms with Crippen molar-refractivity contribution in [2.24, 2.45) is 0 Å². The maximum Gasteiger partial charge on any atom is 0.0885 e. The molecule has 0 saturated heterocycles. The van der Waals surface area contributed by atoms with Gasteiger partial charge in [0.25, 0.3) is 0 Å². The molecule has 0 unspecified atom stereocenters. The van der Waals surface area contributed by atoms with Crippen LogP contribution in [-0.4, -0.2) is 38.6 Å². The van der Waals surface area contributed by atoms with Crippen molar-refractivity contribution in [3.05, 3.63) is 0 Å². The summed E-state index contributed by atoms with van der Waals surface area (Å²) in [5.41, 5.74) is 0. The molecule has 0 radical (unpaired) electrons. The summed E-state index contributed by atoms with van der Waals surface area (Å²) in [6.45, 7) is 1.90. The van der Waals surface area contributed by atoms with E-state index in [-0.39, 0.29) is 12.4 Å². The molecule has 92 valence electrons. The molecule has 3 nitrogen and oxygen atoms in total. The molecule has 15 heavy (non-hydrogen) atoms. The van der Waals surface area contributed by atoms with Crippen LogP contribution in [-0.2, 0) is 10.8 Å². The van der Waals surface area contributed by atoms with Gasteiger partial charge in [-0.2, -0.15) is 0 Å². The number of hydrogen-bond donors (Lipinski definition) is 2. The average Bonchev–Trinajstić information content (AvgIpc) is 2.23. The summed E-state index contributed by atoms with van der Waals surface area (Å²) in [4.78, 5) is 0.